The van der Waals surface area contributed by atoms with Gasteiger partial charge >= 0.3 is 11.9 Å². The van der Waals surface area contributed by atoms with Gasteiger partial charge in [-0.3, -0.25) is 0 Å². The fourth-order valence-electron chi connectivity index (χ4n) is 2.23. The SMILES string of the molecule is COC(=O)C1=C(C(=O)OC)N(c2cc(F)cc(C)c2I)C=CC=C1. The third kappa shape index (κ3) is 3.50. The van der Waals surface area contributed by atoms with Crippen LogP contribution in [0, 0.1) is 16.3 Å². The summed E-state index contributed by atoms with van der Waals surface area (Å²) in [6.45, 7) is 1.76. The quantitative estimate of drug-likeness (QED) is 0.531. The number of hydrogen-bond donors (Lipinski definition) is 0. The number of ether oxygens (including phenoxy) is 2. The molecule has 0 N–H and O–H groups in total. The van der Waals surface area contributed by atoms with E-state index in [4.69, 9.17) is 9.47 Å². The fourth-order valence-corrected chi connectivity index (χ4v) is 2.81. The molecule has 0 aromatic heterocycles. The molecule has 5 nitrogen and oxygen atoms in total. The first-order valence-corrected chi connectivity index (χ1v) is 7.99. The van der Waals surface area contributed by atoms with Crippen LogP contribution in [0.25, 0.3) is 0 Å². The van der Waals surface area contributed by atoms with Crippen LogP contribution in [0.15, 0.2) is 47.8 Å². The molecule has 1 aromatic rings. The Morgan fingerprint density at radius 2 is 1.79 bits per heavy atom. The van der Waals surface area contributed by atoms with Crippen LogP contribution in [-0.4, -0.2) is 26.2 Å². The Morgan fingerprint density at radius 1 is 1.12 bits per heavy atom. The zero-order chi connectivity index (χ0) is 17.9. The molecule has 7 heteroatoms. The number of benzene rings is 1. The summed E-state index contributed by atoms with van der Waals surface area (Å²) >= 11 is 2.06. The van der Waals surface area contributed by atoms with Crippen LogP contribution in [0.5, 0.6) is 0 Å². The van der Waals surface area contributed by atoms with E-state index < -0.39 is 17.8 Å². The molecular formula is C17H15FINO4. The highest BCUT2D eigenvalue weighted by atomic mass is 127. The molecule has 0 spiro atoms. The van der Waals surface area contributed by atoms with E-state index in [2.05, 4.69) is 22.6 Å². The van der Waals surface area contributed by atoms with E-state index in [1.807, 2.05) is 0 Å². The van der Waals surface area contributed by atoms with Crippen LogP contribution in [-0.2, 0) is 19.1 Å². The minimum atomic E-state index is -0.732. The molecule has 0 bridgehead atoms. The Balaban J connectivity index is 2.75. The van der Waals surface area contributed by atoms with E-state index in [9.17, 15) is 14.0 Å². The van der Waals surface area contributed by atoms with Gasteiger partial charge in [-0.2, -0.15) is 0 Å². The fraction of sp³-hybridized carbons (Fsp3) is 0.176. The third-order valence-corrected chi connectivity index (χ3v) is 4.75. The summed E-state index contributed by atoms with van der Waals surface area (Å²) in [7, 11) is 2.43. The Labute approximate surface area is 152 Å². The van der Waals surface area contributed by atoms with Gasteiger partial charge in [-0.15, -0.1) is 0 Å². The van der Waals surface area contributed by atoms with E-state index in [0.29, 0.717) is 11.3 Å². The number of rotatable bonds is 3. The largest absolute Gasteiger partial charge is 0.465 e. The lowest BCUT2D eigenvalue weighted by Gasteiger charge is -2.24. The summed E-state index contributed by atoms with van der Waals surface area (Å²) in [5.41, 5.74) is 1.11. The van der Waals surface area contributed by atoms with Crippen molar-refractivity contribution in [3.05, 3.63) is 62.8 Å². The molecular weight excluding hydrogens is 428 g/mol. The van der Waals surface area contributed by atoms with Crippen molar-refractivity contribution in [2.24, 2.45) is 0 Å². The van der Waals surface area contributed by atoms with Gasteiger partial charge in [-0.1, -0.05) is 6.08 Å². The van der Waals surface area contributed by atoms with Crippen LogP contribution >= 0.6 is 22.6 Å². The first-order chi connectivity index (χ1) is 11.4. The van der Waals surface area contributed by atoms with Crippen molar-refractivity contribution >= 4 is 40.2 Å². The van der Waals surface area contributed by atoms with Crippen molar-refractivity contribution in [2.75, 3.05) is 19.1 Å². The predicted molar refractivity (Wildman–Crippen MR) is 95.7 cm³/mol. The van der Waals surface area contributed by atoms with Crippen LogP contribution in [0.4, 0.5) is 10.1 Å². The summed E-state index contributed by atoms with van der Waals surface area (Å²) in [4.78, 5) is 25.8. The smallest absolute Gasteiger partial charge is 0.355 e. The van der Waals surface area contributed by atoms with Gasteiger partial charge in [-0.05, 0) is 59.4 Å². The molecule has 0 fully saturated rings. The molecule has 1 aromatic carbocycles. The van der Waals surface area contributed by atoms with Crippen molar-refractivity contribution < 1.29 is 23.5 Å². The van der Waals surface area contributed by atoms with E-state index in [-0.39, 0.29) is 11.3 Å². The number of anilines is 1. The molecule has 2 rings (SSSR count). The van der Waals surface area contributed by atoms with Crippen LogP contribution in [0.2, 0.25) is 0 Å². The number of methoxy groups -OCH3 is 2. The first kappa shape index (κ1) is 18.2. The van der Waals surface area contributed by atoms with E-state index in [0.717, 1.165) is 3.57 Å². The average Bonchev–Trinajstić information content (AvgIpc) is 2.79. The standard InChI is InChI=1S/C17H15FINO4/c1-10-8-11(18)9-13(14(10)19)20-7-5-4-6-12(16(21)23-2)15(20)17(22)24-3/h4-9H,1-3H3. The number of allylic oxidation sites excluding steroid dienone is 2. The maximum atomic E-state index is 13.9. The van der Waals surface area contributed by atoms with Gasteiger partial charge in [0.1, 0.15) is 11.5 Å². The molecule has 1 aliphatic heterocycles. The van der Waals surface area contributed by atoms with Gasteiger partial charge in [0.05, 0.1) is 25.5 Å². The van der Waals surface area contributed by atoms with E-state index in [1.54, 1.807) is 25.3 Å². The lowest BCUT2D eigenvalue weighted by molar-refractivity contribution is -0.139. The van der Waals surface area contributed by atoms with Gasteiger partial charge < -0.3 is 14.4 Å². The second-order valence-corrected chi connectivity index (χ2v) is 5.95. The first-order valence-electron chi connectivity index (χ1n) is 6.91. The Morgan fingerprint density at radius 3 is 2.42 bits per heavy atom. The molecule has 0 amide bonds. The van der Waals surface area contributed by atoms with Gasteiger partial charge in [0.2, 0.25) is 0 Å². The van der Waals surface area contributed by atoms with Crippen LogP contribution in [0.1, 0.15) is 5.56 Å². The summed E-state index contributed by atoms with van der Waals surface area (Å²) < 4.78 is 24.2. The number of esters is 2. The highest BCUT2D eigenvalue weighted by molar-refractivity contribution is 14.1. The van der Waals surface area contributed by atoms with Crippen LogP contribution in [0.3, 0.4) is 0 Å². The molecule has 1 heterocycles. The van der Waals surface area contributed by atoms with Crippen molar-refractivity contribution in [3.8, 4) is 0 Å². The van der Waals surface area contributed by atoms with Crippen molar-refractivity contribution in [1.82, 2.24) is 0 Å². The molecule has 0 unspecified atom stereocenters. The minimum Gasteiger partial charge on any atom is -0.465 e. The summed E-state index contributed by atoms with van der Waals surface area (Å²) in [6, 6.07) is 2.69. The second-order valence-electron chi connectivity index (χ2n) is 4.87. The monoisotopic (exact) mass is 443 g/mol. The number of halogens is 2. The summed E-state index contributed by atoms with van der Waals surface area (Å²) in [5.74, 6) is -1.87. The maximum Gasteiger partial charge on any atom is 0.355 e. The molecule has 1 aliphatic rings. The molecule has 0 radical (unpaired) electrons. The van der Waals surface area contributed by atoms with Gasteiger partial charge in [0, 0.05) is 9.77 Å². The number of carbonyl (C=O) groups excluding carboxylic acids is 2. The number of aryl methyl sites for hydroxylation is 1. The van der Waals surface area contributed by atoms with E-state index >= 15 is 0 Å². The van der Waals surface area contributed by atoms with Gasteiger partial charge in [0.25, 0.3) is 0 Å². The van der Waals surface area contributed by atoms with Crippen molar-refractivity contribution in [2.45, 2.75) is 6.92 Å². The van der Waals surface area contributed by atoms with Gasteiger partial charge in [0.15, 0.2) is 0 Å². The Hall–Kier alpha value is -2.16. The highest BCUT2D eigenvalue weighted by Crippen LogP contribution is 2.32. The number of carbonyl (C=O) groups is 2. The molecule has 0 saturated carbocycles. The summed E-state index contributed by atoms with van der Waals surface area (Å²) in [5, 5.41) is 0. The molecule has 126 valence electrons. The Bertz CT molecular complexity index is 783. The van der Waals surface area contributed by atoms with Gasteiger partial charge in [-0.25, -0.2) is 14.0 Å². The zero-order valence-corrected chi connectivity index (χ0v) is 15.5. The molecule has 0 atom stereocenters. The lowest BCUT2D eigenvalue weighted by atomic mass is 10.1. The third-order valence-electron chi connectivity index (χ3n) is 3.35. The second kappa shape index (κ2) is 7.61. The molecule has 24 heavy (non-hydrogen) atoms. The van der Waals surface area contributed by atoms with E-state index in [1.165, 1.54) is 37.3 Å². The predicted octanol–water partition coefficient (Wildman–Crippen LogP) is 3.23. The minimum absolute atomic E-state index is 0.0204. The zero-order valence-electron chi connectivity index (χ0n) is 13.3. The summed E-state index contributed by atoms with van der Waals surface area (Å²) in [6.07, 6.45) is 6.24. The van der Waals surface area contributed by atoms with Crippen molar-refractivity contribution in [1.29, 1.82) is 0 Å². The topological polar surface area (TPSA) is 55.8 Å². The van der Waals surface area contributed by atoms with Crippen LogP contribution < -0.4 is 4.90 Å². The normalized spacial score (nSPS) is 13.8. The maximum absolute atomic E-state index is 13.9. The highest BCUT2D eigenvalue weighted by Gasteiger charge is 2.28. The number of nitrogens with zero attached hydrogens (tertiary/aromatic N) is 1. The number of hydrogen-bond acceptors (Lipinski definition) is 5. The lowest BCUT2D eigenvalue weighted by Crippen LogP contribution is -2.27. The van der Waals surface area contributed by atoms with Crippen molar-refractivity contribution in [3.63, 3.8) is 0 Å². The Kier molecular flexibility index (Phi) is 5.76. The molecule has 0 aliphatic carbocycles. The average molecular weight is 443 g/mol. The molecule has 0 saturated heterocycles.